The molecule has 0 saturated carbocycles. The number of phenolic OH excluding ortho intramolecular Hbond substituents is 1. The van der Waals surface area contributed by atoms with Crippen molar-refractivity contribution in [3.63, 3.8) is 0 Å². The highest BCUT2D eigenvalue weighted by Gasteiger charge is 2.02. The number of phenols is 1. The highest BCUT2D eigenvalue weighted by Crippen LogP contribution is 2.26. The molecule has 0 bridgehead atoms. The van der Waals surface area contributed by atoms with Crippen LogP contribution in [-0.4, -0.2) is 18.3 Å². The zero-order chi connectivity index (χ0) is 10.4. The third-order valence-electron chi connectivity index (χ3n) is 1.77. The predicted molar refractivity (Wildman–Crippen MR) is 55.2 cm³/mol. The molecule has 0 spiro atoms. The summed E-state index contributed by atoms with van der Waals surface area (Å²) < 4.78 is 5.15. The van der Waals surface area contributed by atoms with Crippen LogP contribution in [0.25, 0.3) is 0 Å². The van der Waals surface area contributed by atoms with E-state index in [0.717, 1.165) is 12.0 Å². The molecule has 0 unspecified atom stereocenters. The Bertz CT molecular complexity index is 342. The first-order valence-corrected chi connectivity index (χ1v) is 4.36. The average Bonchev–Trinajstić information content (AvgIpc) is 2.19. The zero-order valence-electron chi connectivity index (χ0n) is 7.86. The van der Waals surface area contributed by atoms with Crippen LogP contribution >= 0.6 is 0 Å². The van der Waals surface area contributed by atoms with Gasteiger partial charge in [-0.2, -0.15) is 0 Å². The molecule has 0 amide bonds. The Balaban J connectivity index is 2.80. The summed E-state index contributed by atoms with van der Waals surface area (Å²) in [6, 6.07) is 5.14. The van der Waals surface area contributed by atoms with E-state index in [9.17, 15) is 5.11 Å². The van der Waals surface area contributed by atoms with Crippen molar-refractivity contribution in [3.8, 4) is 23.8 Å². The summed E-state index contributed by atoms with van der Waals surface area (Å²) in [7, 11) is 0. The molecular formula is C11H13NO2. The second-order valence-corrected chi connectivity index (χ2v) is 2.83. The first kappa shape index (κ1) is 10.4. The lowest BCUT2D eigenvalue weighted by molar-refractivity contribution is 0.341. The molecule has 0 atom stereocenters. The van der Waals surface area contributed by atoms with E-state index >= 15 is 0 Å². The molecule has 1 rings (SSSR count). The molecule has 0 aliphatic rings. The highest BCUT2D eigenvalue weighted by molar-refractivity contribution is 5.42. The van der Waals surface area contributed by atoms with Crippen LogP contribution in [0.2, 0.25) is 0 Å². The van der Waals surface area contributed by atoms with E-state index in [0.29, 0.717) is 12.3 Å². The molecule has 0 radical (unpaired) electrons. The topological polar surface area (TPSA) is 55.5 Å². The molecule has 0 fully saturated rings. The van der Waals surface area contributed by atoms with Gasteiger partial charge in [-0.05, 0) is 30.7 Å². The van der Waals surface area contributed by atoms with Crippen molar-refractivity contribution in [2.45, 2.75) is 6.42 Å². The van der Waals surface area contributed by atoms with Gasteiger partial charge in [-0.15, -0.1) is 6.42 Å². The maximum absolute atomic E-state index is 9.40. The predicted octanol–water partition coefficient (Wildman–Crippen LogP) is 0.905. The van der Waals surface area contributed by atoms with Gasteiger partial charge in [-0.1, -0.05) is 12.0 Å². The Morgan fingerprint density at radius 2 is 2.29 bits per heavy atom. The zero-order valence-corrected chi connectivity index (χ0v) is 7.86. The van der Waals surface area contributed by atoms with Crippen molar-refractivity contribution in [2.75, 3.05) is 13.2 Å². The van der Waals surface area contributed by atoms with Gasteiger partial charge in [0.1, 0.15) is 6.61 Å². The van der Waals surface area contributed by atoms with Crippen molar-refractivity contribution >= 4 is 0 Å². The fourth-order valence-corrected chi connectivity index (χ4v) is 1.12. The van der Waals surface area contributed by atoms with Gasteiger partial charge in [0.15, 0.2) is 11.5 Å². The molecule has 0 saturated heterocycles. The van der Waals surface area contributed by atoms with Crippen LogP contribution in [0.4, 0.5) is 0 Å². The van der Waals surface area contributed by atoms with Crippen LogP contribution in [0.15, 0.2) is 18.2 Å². The van der Waals surface area contributed by atoms with Crippen molar-refractivity contribution in [3.05, 3.63) is 23.8 Å². The molecule has 3 heteroatoms. The summed E-state index contributed by atoms with van der Waals surface area (Å²) in [6.45, 7) is 0.721. The molecule has 0 heterocycles. The second-order valence-electron chi connectivity index (χ2n) is 2.83. The average molecular weight is 191 g/mol. The number of rotatable bonds is 4. The minimum atomic E-state index is 0.0982. The monoisotopic (exact) mass is 191 g/mol. The van der Waals surface area contributed by atoms with Gasteiger partial charge >= 0.3 is 0 Å². The van der Waals surface area contributed by atoms with Crippen LogP contribution < -0.4 is 10.5 Å². The smallest absolute Gasteiger partial charge is 0.162 e. The molecule has 74 valence electrons. The first-order chi connectivity index (χ1) is 6.77. The number of ether oxygens (including phenoxy) is 1. The molecule has 3 nitrogen and oxygen atoms in total. The lowest BCUT2D eigenvalue weighted by Gasteiger charge is -2.06. The molecule has 1 aromatic rings. The molecule has 0 aliphatic carbocycles. The van der Waals surface area contributed by atoms with Gasteiger partial charge < -0.3 is 15.6 Å². The number of hydrogen-bond donors (Lipinski definition) is 2. The number of nitrogens with two attached hydrogens (primary N) is 1. The summed E-state index contributed by atoms with van der Waals surface area (Å²) >= 11 is 0. The van der Waals surface area contributed by atoms with Gasteiger partial charge in [0.05, 0.1) is 0 Å². The SMILES string of the molecule is C#CCOc1cc(CCN)ccc1O. The Kier molecular flexibility index (Phi) is 3.84. The van der Waals surface area contributed by atoms with Crippen molar-refractivity contribution in [1.29, 1.82) is 0 Å². The van der Waals surface area contributed by atoms with Crippen LogP contribution in [0.1, 0.15) is 5.56 Å². The third kappa shape index (κ3) is 2.68. The maximum atomic E-state index is 9.40. The van der Waals surface area contributed by atoms with Gasteiger partial charge in [-0.3, -0.25) is 0 Å². The second kappa shape index (κ2) is 5.15. The third-order valence-corrected chi connectivity index (χ3v) is 1.77. The number of terminal acetylenes is 1. The molecule has 3 N–H and O–H groups in total. The van der Waals surface area contributed by atoms with E-state index in [1.165, 1.54) is 0 Å². The molecule has 1 aromatic carbocycles. The maximum Gasteiger partial charge on any atom is 0.162 e. The Morgan fingerprint density at radius 1 is 1.50 bits per heavy atom. The van der Waals surface area contributed by atoms with Crippen molar-refractivity contribution in [2.24, 2.45) is 5.73 Å². The quantitative estimate of drug-likeness (QED) is 0.695. The largest absolute Gasteiger partial charge is 0.504 e. The van der Waals surface area contributed by atoms with E-state index < -0.39 is 0 Å². The number of hydrogen-bond acceptors (Lipinski definition) is 3. The van der Waals surface area contributed by atoms with Gasteiger partial charge in [-0.25, -0.2) is 0 Å². The minimum absolute atomic E-state index is 0.0982. The van der Waals surface area contributed by atoms with E-state index in [1.807, 2.05) is 6.07 Å². The first-order valence-electron chi connectivity index (χ1n) is 4.36. The van der Waals surface area contributed by atoms with Crippen molar-refractivity contribution in [1.82, 2.24) is 0 Å². The summed E-state index contributed by atoms with van der Waals surface area (Å²) in [6.07, 6.45) is 5.80. The van der Waals surface area contributed by atoms with Gasteiger partial charge in [0, 0.05) is 0 Å². The number of benzene rings is 1. The minimum Gasteiger partial charge on any atom is -0.504 e. The Hall–Kier alpha value is -1.66. The molecular weight excluding hydrogens is 178 g/mol. The van der Waals surface area contributed by atoms with E-state index in [1.54, 1.807) is 12.1 Å². The van der Waals surface area contributed by atoms with Crippen LogP contribution in [-0.2, 0) is 6.42 Å². The van der Waals surface area contributed by atoms with Crippen LogP contribution in [0.5, 0.6) is 11.5 Å². The number of aromatic hydroxyl groups is 1. The van der Waals surface area contributed by atoms with Crippen LogP contribution in [0, 0.1) is 12.3 Å². The Morgan fingerprint density at radius 3 is 2.93 bits per heavy atom. The van der Waals surface area contributed by atoms with E-state index in [4.69, 9.17) is 16.9 Å². The highest BCUT2D eigenvalue weighted by atomic mass is 16.5. The lowest BCUT2D eigenvalue weighted by atomic mass is 10.1. The summed E-state index contributed by atoms with van der Waals surface area (Å²) in [4.78, 5) is 0. The van der Waals surface area contributed by atoms with Crippen molar-refractivity contribution < 1.29 is 9.84 Å². The standard InChI is InChI=1S/C11H13NO2/c1-2-7-14-11-8-9(5-6-12)3-4-10(11)13/h1,3-4,8,13H,5-7,12H2. The van der Waals surface area contributed by atoms with E-state index in [2.05, 4.69) is 5.92 Å². The summed E-state index contributed by atoms with van der Waals surface area (Å²) in [5, 5.41) is 9.40. The van der Waals surface area contributed by atoms with Gasteiger partial charge in [0.25, 0.3) is 0 Å². The normalized spacial score (nSPS) is 9.43. The molecule has 0 aromatic heterocycles. The van der Waals surface area contributed by atoms with Crippen LogP contribution in [0.3, 0.4) is 0 Å². The summed E-state index contributed by atoms with van der Waals surface area (Å²) in [5.41, 5.74) is 6.44. The Labute approximate surface area is 83.5 Å². The fourth-order valence-electron chi connectivity index (χ4n) is 1.12. The molecule has 0 aliphatic heterocycles. The van der Waals surface area contributed by atoms with E-state index in [-0.39, 0.29) is 12.4 Å². The molecule has 14 heavy (non-hydrogen) atoms. The van der Waals surface area contributed by atoms with Gasteiger partial charge in [0.2, 0.25) is 0 Å². The lowest BCUT2D eigenvalue weighted by Crippen LogP contribution is -2.03. The fraction of sp³-hybridized carbons (Fsp3) is 0.273. The summed E-state index contributed by atoms with van der Waals surface area (Å²) in [5.74, 6) is 2.85.